The quantitative estimate of drug-likeness (QED) is 0.619. The lowest BCUT2D eigenvalue weighted by atomic mass is 10.2. The molecule has 2 aromatic rings. The van der Waals surface area contributed by atoms with Crippen molar-refractivity contribution in [2.75, 3.05) is 49.7 Å². The summed E-state index contributed by atoms with van der Waals surface area (Å²) >= 11 is 6.42. The van der Waals surface area contributed by atoms with Gasteiger partial charge in [-0.3, -0.25) is 4.79 Å². The van der Waals surface area contributed by atoms with E-state index in [2.05, 4.69) is 20.5 Å². The number of aromatic nitrogens is 3. The summed E-state index contributed by atoms with van der Waals surface area (Å²) < 4.78 is 18.0. The van der Waals surface area contributed by atoms with Crippen LogP contribution in [-0.4, -0.2) is 66.7 Å². The molecule has 0 bridgehead atoms. The second-order valence-electron chi connectivity index (χ2n) is 6.36. The molecule has 1 aliphatic heterocycles. The number of carbonyl (C=O) groups excluding carboxylic acids is 1. The second kappa shape index (κ2) is 10.5. The number of halogens is 1. The third kappa shape index (κ3) is 5.66. The van der Waals surface area contributed by atoms with Gasteiger partial charge in [-0.15, -0.1) is 5.10 Å². The van der Waals surface area contributed by atoms with Crippen LogP contribution in [0.15, 0.2) is 24.4 Å². The fraction of sp³-hybridized carbons (Fsp3) is 0.526. The molecule has 2 heterocycles. The number of hydrogen-bond acceptors (Lipinski definition) is 7. The number of anilines is 2. The maximum Gasteiger partial charge on any atom is 0.277 e. The number of benzene rings is 1. The molecule has 1 N–H and O–H groups in total. The molecular weight excluding hydrogens is 398 g/mol. The molecule has 10 heteroatoms. The van der Waals surface area contributed by atoms with E-state index in [4.69, 9.17) is 25.8 Å². The topological polar surface area (TPSA) is 90.7 Å². The molecule has 1 aromatic heterocycles. The number of nitrogens with zero attached hydrogens (tertiary/aromatic N) is 4. The first-order valence-electron chi connectivity index (χ1n) is 9.68. The first-order chi connectivity index (χ1) is 14.1. The van der Waals surface area contributed by atoms with Gasteiger partial charge in [0.2, 0.25) is 0 Å². The smallest absolute Gasteiger partial charge is 0.277 e. The summed E-state index contributed by atoms with van der Waals surface area (Å²) in [5.74, 6) is -0.364. The van der Waals surface area contributed by atoms with Crippen LogP contribution in [0.3, 0.4) is 0 Å². The van der Waals surface area contributed by atoms with Crippen LogP contribution in [0.5, 0.6) is 0 Å². The Bertz CT molecular complexity index is 804. The molecule has 29 heavy (non-hydrogen) atoms. The number of rotatable bonds is 9. The molecule has 0 unspecified atom stereocenters. The molecule has 1 fully saturated rings. The van der Waals surface area contributed by atoms with Gasteiger partial charge in [-0.05, 0) is 26.0 Å². The molecule has 0 spiro atoms. The van der Waals surface area contributed by atoms with Gasteiger partial charge < -0.3 is 24.4 Å². The van der Waals surface area contributed by atoms with Crippen molar-refractivity contribution in [3.8, 4) is 0 Å². The van der Waals surface area contributed by atoms with Gasteiger partial charge in [0.1, 0.15) is 0 Å². The van der Waals surface area contributed by atoms with E-state index in [1.54, 1.807) is 18.3 Å². The Morgan fingerprint density at radius 3 is 2.69 bits per heavy atom. The highest BCUT2D eigenvalue weighted by molar-refractivity contribution is 6.34. The fourth-order valence-corrected chi connectivity index (χ4v) is 3.37. The van der Waals surface area contributed by atoms with E-state index >= 15 is 0 Å². The first-order valence-corrected chi connectivity index (χ1v) is 10.1. The van der Waals surface area contributed by atoms with Gasteiger partial charge >= 0.3 is 0 Å². The van der Waals surface area contributed by atoms with Crippen LogP contribution >= 0.6 is 11.6 Å². The molecule has 0 radical (unpaired) electrons. The molecule has 0 aliphatic carbocycles. The predicted molar refractivity (Wildman–Crippen MR) is 109 cm³/mol. The van der Waals surface area contributed by atoms with E-state index in [1.165, 1.54) is 4.68 Å². The second-order valence-corrected chi connectivity index (χ2v) is 6.76. The molecule has 1 amide bonds. The minimum atomic E-state index is -0.441. The average Bonchev–Trinajstić information content (AvgIpc) is 3.18. The van der Waals surface area contributed by atoms with Gasteiger partial charge in [-0.25, -0.2) is 4.68 Å². The van der Waals surface area contributed by atoms with Gasteiger partial charge in [-0.2, -0.15) is 0 Å². The molecule has 0 atom stereocenters. The lowest BCUT2D eigenvalue weighted by Gasteiger charge is -2.31. The van der Waals surface area contributed by atoms with E-state index < -0.39 is 6.29 Å². The fourth-order valence-electron chi connectivity index (χ4n) is 3.08. The Kier molecular flexibility index (Phi) is 7.82. The molecular formula is C19H26ClN5O4. The van der Waals surface area contributed by atoms with Crippen molar-refractivity contribution in [2.45, 2.75) is 26.7 Å². The summed E-state index contributed by atoms with van der Waals surface area (Å²) in [5, 5.41) is 11.5. The summed E-state index contributed by atoms with van der Waals surface area (Å²) in [6.07, 6.45) is 1.13. The van der Waals surface area contributed by atoms with Crippen LogP contribution in [0.2, 0.25) is 5.02 Å². The van der Waals surface area contributed by atoms with Crippen LogP contribution < -0.4 is 10.2 Å². The number of morpholine rings is 1. The highest BCUT2D eigenvalue weighted by Crippen LogP contribution is 2.34. The van der Waals surface area contributed by atoms with Crippen molar-refractivity contribution in [1.29, 1.82) is 0 Å². The van der Waals surface area contributed by atoms with E-state index in [1.807, 2.05) is 19.9 Å². The summed E-state index contributed by atoms with van der Waals surface area (Å²) in [4.78, 5) is 14.8. The molecule has 1 saturated heterocycles. The summed E-state index contributed by atoms with van der Waals surface area (Å²) in [6.45, 7) is 7.82. The van der Waals surface area contributed by atoms with Crippen molar-refractivity contribution in [3.05, 3.63) is 35.1 Å². The standard InChI is InChI=1S/C19H26ClN5O4/c1-3-28-17(29-4-2)13-25-12-16(22-23-25)19(26)21-15-7-5-6-14(20)18(15)24-8-10-27-11-9-24/h5-7,12,17H,3-4,8-11,13H2,1-2H3,(H,21,26). The monoisotopic (exact) mass is 423 g/mol. The molecule has 1 aromatic carbocycles. The van der Waals surface area contributed by atoms with Crippen molar-refractivity contribution in [1.82, 2.24) is 15.0 Å². The Morgan fingerprint density at radius 2 is 2.00 bits per heavy atom. The van der Waals surface area contributed by atoms with E-state index in [9.17, 15) is 4.79 Å². The van der Waals surface area contributed by atoms with Crippen LogP contribution in [0.4, 0.5) is 11.4 Å². The zero-order valence-corrected chi connectivity index (χ0v) is 17.4. The summed E-state index contributed by atoms with van der Waals surface area (Å²) in [5.41, 5.74) is 1.61. The third-order valence-corrected chi connectivity index (χ3v) is 4.68. The largest absolute Gasteiger partial charge is 0.378 e. The van der Waals surface area contributed by atoms with Crippen molar-refractivity contribution in [3.63, 3.8) is 0 Å². The van der Waals surface area contributed by atoms with Crippen LogP contribution in [0.25, 0.3) is 0 Å². The highest BCUT2D eigenvalue weighted by Gasteiger charge is 2.21. The number of para-hydroxylation sites is 1. The van der Waals surface area contributed by atoms with Crippen molar-refractivity contribution in [2.24, 2.45) is 0 Å². The molecule has 1 aliphatic rings. The first kappa shape index (κ1) is 21.5. The Balaban J connectivity index is 1.71. The highest BCUT2D eigenvalue weighted by atomic mass is 35.5. The molecule has 0 saturated carbocycles. The Labute approximate surface area is 174 Å². The SMILES string of the molecule is CCOC(Cn1cc(C(=O)Nc2cccc(Cl)c2N2CCOCC2)nn1)OCC. The number of hydrogen-bond donors (Lipinski definition) is 1. The van der Waals surface area contributed by atoms with Gasteiger partial charge in [-0.1, -0.05) is 22.9 Å². The minimum Gasteiger partial charge on any atom is -0.378 e. The lowest BCUT2D eigenvalue weighted by Crippen LogP contribution is -2.37. The normalized spacial score (nSPS) is 14.4. The van der Waals surface area contributed by atoms with E-state index in [-0.39, 0.29) is 11.6 Å². The van der Waals surface area contributed by atoms with Crippen molar-refractivity contribution >= 4 is 28.9 Å². The Morgan fingerprint density at radius 1 is 1.28 bits per heavy atom. The van der Waals surface area contributed by atoms with Gasteiger partial charge in [0.25, 0.3) is 5.91 Å². The zero-order valence-electron chi connectivity index (χ0n) is 16.6. The average molecular weight is 424 g/mol. The molecule has 158 valence electrons. The lowest BCUT2D eigenvalue weighted by molar-refractivity contribution is -0.145. The molecule has 9 nitrogen and oxygen atoms in total. The molecule has 3 rings (SSSR count). The number of nitrogens with one attached hydrogen (secondary N) is 1. The van der Waals surface area contributed by atoms with E-state index in [0.29, 0.717) is 56.8 Å². The maximum atomic E-state index is 12.7. The number of ether oxygens (including phenoxy) is 3. The predicted octanol–water partition coefficient (Wildman–Crippen LogP) is 2.42. The number of amides is 1. The summed E-state index contributed by atoms with van der Waals surface area (Å²) in [7, 11) is 0. The maximum absolute atomic E-state index is 12.7. The van der Waals surface area contributed by atoms with Gasteiger partial charge in [0.05, 0.1) is 42.4 Å². The minimum absolute atomic E-state index is 0.199. The van der Waals surface area contributed by atoms with Crippen molar-refractivity contribution < 1.29 is 19.0 Å². The number of carbonyl (C=O) groups is 1. The van der Waals surface area contributed by atoms with Gasteiger partial charge in [0, 0.05) is 26.3 Å². The van der Waals surface area contributed by atoms with Crippen LogP contribution in [0.1, 0.15) is 24.3 Å². The third-order valence-electron chi connectivity index (χ3n) is 4.37. The van der Waals surface area contributed by atoms with Crippen LogP contribution in [0, 0.1) is 0 Å². The summed E-state index contributed by atoms with van der Waals surface area (Å²) in [6, 6.07) is 5.42. The van der Waals surface area contributed by atoms with E-state index in [0.717, 1.165) is 5.69 Å². The zero-order chi connectivity index (χ0) is 20.6. The van der Waals surface area contributed by atoms with Crippen LogP contribution in [-0.2, 0) is 20.8 Å². The van der Waals surface area contributed by atoms with Gasteiger partial charge in [0.15, 0.2) is 12.0 Å². The Hall–Kier alpha value is -2.20.